The summed E-state index contributed by atoms with van der Waals surface area (Å²) in [6, 6.07) is 7.87. The van der Waals surface area contributed by atoms with E-state index in [1.54, 1.807) is 0 Å². The molecule has 4 heteroatoms. The highest BCUT2D eigenvalue weighted by atomic mass is 79.9. The maximum atomic E-state index is 12.1. The van der Waals surface area contributed by atoms with Crippen LogP contribution in [0.15, 0.2) is 28.7 Å². The number of hydrogen-bond donors (Lipinski definition) is 2. The molecule has 0 aliphatic heterocycles. The van der Waals surface area contributed by atoms with Gasteiger partial charge in [-0.1, -0.05) is 32.4 Å². The van der Waals surface area contributed by atoms with Gasteiger partial charge in [-0.2, -0.15) is 0 Å². The van der Waals surface area contributed by atoms with Crippen molar-refractivity contribution in [2.75, 3.05) is 5.32 Å². The van der Waals surface area contributed by atoms with Gasteiger partial charge in [0.25, 0.3) is 0 Å². The normalized spacial score (nSPS) is 25.8. The molecular weight excluding hydrogens is 316 g/mol. The quantitative estimate of drug-likeness (QED) is 0.816. The fraction of sp³-hybridized carbons (Fsp3) is 0.562. The van der Waals surface area contributed by atoms with Crippen LogP contribution in [0.3, 0.4) is 0 Å². The van der Waals surface area contributed by atoms with Crippen molar-refractivity contribution in [2.45, 2.75) is 51.5 Å². The van der Waals surface area contributed by atoms with Crippen LogP contribution in [-0.2, 0) is 4.79 Å². The number of anilines is 1. The molecule has 1 fully saturated rings. The summed E-state index contributed by atoms with van der Waals surface area (Å²) >= 11 is 3.52. The van der Waals surface area contributed by atoms with Crippen molar-refractivity contribution in [2.24, 2.45) is 11.1 Å². The van der Waals surface area contributed by atoms with Gasteiger partial charge in [-0.15, -0.1) is 0 Å². The molecule has 0 radical (unpaired) electrons. The Morgan fingerprint density at radius 1 is 1.20 bits per heavy atom. The van der Waals surface area contributed by atoms with Gasteiger partial charge in [-0.05, 0) is 59.2 Å². The maximum Gasteiger partial charge on any atom is 0.243 e. The van der Waals surface area contributed by atoms with Gasteiger partial charge in [-0.25, -0.2) is 0 Å². The highest BCUT2D eigenvalue weighted by Crippen LogP contribution is 2.40. The van der Waals surface area contributed by atoms with E-state index < -0.39 is 5.54 Å². The van der Waals surface area contributed by atoms with Gasteiger partial charge in [0.15, 0.2) is 0 Å². The van der Waals surface area contributed by atoms with E-state index in [4.69, 9.17) is 5.73 Å². The highest BCUT2D eigenvalue weighted by molar-refractivity contribution is 9.10. The number of halogens is 1. The molecule has 20 heavy (non-hydrogen) atoms. The Morgan fingerprint density at radius 2 is 1.90 bits per heavy atom. The molecule has 1 unspecified atom stereocenters. The second-order valence-corrected chi connectivity index (χ2v) is 7.42. The number of nitrogens with two attached hydrogens (primary N) is 1. The van der Waals surface area contributed by atoms with E-state index in [0.29, 0.717) is 0 Å². The standard InChI is InChI=1S/C16H23BrN2O/c1-15(2)8-5-9-16(11-10-15,14(18)20)19-13-7-4-3-6-12(13)17/h3-4,6-7,19H,5,8-11H2,1-2H3,(H2,18,20). The first-order chi connectivity index (χ1) is 9.35. The maximum absolute atomic E-state index is 12.1. The van der Waals surface area contributed by atoms with E-state index in [1.165, 1.54) is 0 Å². The first-order valence-electron chi connectivity index (χ1n) is 7.17. The summed E-state index contributed by atoms with van der Waals surface area (Å²) < 4.78 is 0.962. The lowest BCUT2D eigenvalue weighted by Gasteiger charge is -2.32. The highest BCUT2D eigenvalue weighted by Gasteiger charge is 2.40. The third-order valence-electron chi connectivity index (χ3n) is 4.41. The fourth-order valence-corrected chi connectivity index (χ4v) is 3.31. The van der Waals surface area contributed by atoms with E-state index >= 15 is 0 Å². The van der Waals surface area contributed by atoms with E-state index in [-0.39, 0.29) is 11.3 Å². The molecule has 0 bridgehead atoms. The predicted molar refractivity (Wildman–Crippen MR) is 86.6 cm³/mol. The number of primary amides is 1. The predicted octanol–water partition coefficient (Wildman–Crippen LogP) is 4.08. The SMILES string of the molecule is CC1(C)CCCC(Nc2ccccc2Br)(C(N)=O)CC1. The van der Waals surface area contributed by atoms with Gasteiger partial charge in [0.05, 0.1) is 0 Å². The number of para-hydroxylation sites is 1. The molecule has 1 aromatic carbocycles. The summed E-state index contributed by atoms with van der Waals surface area (Å²) in [6.07, 6.45) is 4.75. The number of nitrogens with one attached hydrogen (secondary N) is 1. The molecule has 0 heterocycles. The summed E-state index contributed by atoms with van der Waals surface area (Å²) in [5.74, 6) is -0.244. The van der Waals surface area contributed by atoms with E-state index in [9.17, 15) is 4.79 Å². The second-order valence-electron chi connectivity index (χ2n) is 6.57. The first-order valence-corrected chi connectivity index (χ1v) is 7.97. The lowest BCUT2D eigenvalue weighted by Crippen LogP contribution is -2.50. The third kappa shape index (κ3) is 3.35. The Morgan fingerprint density at radius 3 is 2.55 bits per heavy atom. The van der Waals surface area contributed by atoms with Gasteiger partial charge in [-0.3, -0.25) is 4.79 Å². The lowest BCUT2D eigenvalue weighted by molar-refractivity contribution is -0.122. The van der Waals surface area contributed by atoms with Crippen molar-refractivity contribution >= 4 is 27.5 Å². The van der Waals surface area contributed by atoms with Crippen molar-refractivity contribution in [3.8, 4) is 0 Å². The number of amides is 1. The van der Waals surface area contributed by atoms with Gasteiger partial charge >= 0.3 is 0 Å². The van der Waals surface area contributed by atoms with Crippen LogP contribution >= 0.6 is 15.9 Å². The average molecular weight is 339 g/mol. The number of carbonyl (C=O) groups is 1. The second kappa shape index (κ2) is 5.76. The Balaban J connectivity index is 2.27. The molecule has 0 aromatic heterocycles. The van der Waals surface area contributed by atoms with E-state index in [2.05, 4.69) is 35.1 Å². The minimum atomic E-state index is -0.627. The van der Waals surface area contributed by atoms with Gasteiger partial charge in [0, 0.05) is 10.2 Å². The summed E-state index contributed by atoms with van der Waals surface area (Å²) in [6.45, 7) is 4.53. The van der Waals surface area contributed by atoms with Crippen LogP contribution < -0.4 is 11.1 Å². The Bertz CT molecular complexity index is 501. The van der Waals surface area contributed by atoms with Gasteiger partial charge in [0.2, 0.25) is 5.91 Å². The van der Waals surface area contributed by atoms with Crippen LogP contribution in [0.4, 0.5) is 5.69 Å². The largest absolute Gasteiger partial charge is 0.370 e. The van der Waals surface area contributed by atoms with Crippen LogP contribution in [0.1, 0.15) is 46.0 Å². The molecule has 0 spiro atoms. The molecule has 1 amide bonds. The van der Waals surface area contributed by atoms with Gasteiger partial charge < -0.3 is 11.1 Å². The fourth-order valence-electron chi connectivity index (χ4n) is 2.92. The Labute approximate surface area is 129 Å². The molecule has 1 atom stereocenters. The van der Waals surface area contributed by atoms with Crippen molar-refractivity contribution in [3.63, 3.8) is 0 Å². The number of rotatable bonds is 3. The minimum Gasteiger partial charge on any atom is -0.370 e. The zero-order valence-electron chi connectivity index (χ0n) is 12.2. The molecule has 1 aliphatic rings. The van der Waals surface area contributed by atoms with Gasteiger partial charge in [0.1, 0.15) is 5.54 Å². The Kier molecular flexibility index (Phi) is 4.43. The Hall–Kier alpha value is -1.03. The molecule has 3 N–H and O–H groups in total. The molecule has 0 saturated heterocycles. The van der Waals surface area contributed by atoms with Crippen LogP contribution in [-0.4, -0.2) is 11.4 Å². The summed E-state index contributed by atoms with van der Waals surface area (Å²) in [5, 5.41) is 3.42. The van der Waals surface area contributed by atoms with Crippen molar-refractivity contribution < 1.29 is 4.79 Å². The molecule has 1 aromatic rings. The van der Waals surface area contributed by atoms with Crippen LogP contribution in [0.5, 0.6) is 0 Å². The molecule has 1 aliphatic carbocycles. The third-order valence-corrected chi connectivity index (χ3v) is 5.10. The zero-order chi connectivity index (χ0) is 14.8. The summed E-state index contributed by atoms with van der Waals surface area (Å²) in [4.78, 5) is 12.1. The lowest BCUT2D eigenvalue weighted by atomic mass is 9.83. The molecular formula is C16H23BrN2O. The molecule has 2 rings (SSSR count). The number of carbonyl (C=O) groups excluding carboxylic acids is 1. The van der Waals surface area contributed by atoms with Crippen molar-refractivity contribution in [1.29, 1.82) is 0 Å². The van der Waals surface area contributed by atoms with Crippen LogP contribution in [0, 0.1) is 5.41 Å². The summed E-state index contributed by atoms with van der Waals surface area (Å²) in [5.41, 5.74) is 6.33. The first kappa shape index (κ1) is 15.4. The van der Waals surface area contributed by atoms with E-state index in [1.807, 2.05) is 24.3 Å². The topological polar surface area (TPSA) is 55.1 Å². The number of benzene rings is 1. The van der Waals surface area contributed by atoms with Crippen LogP contribution in [0.2, 0.25) is 0 Å². The molecule has 3 nitrogen and oxygen atoms in total. The number of hydrogen-bond acceptors (Lipinski definition) is 2. The minimum absolute atomic E-state index is 0.244. The smallest absolute Gasteiger partial charge is 0.243 e. The van der Waals surface area contributed by atoms with Crippen molar-refractivity contribution in [1.82, 2.24) is 0 Å². The average Bonchev–Trinajstić information content (AvgIpc) is 2.52. The summed E-state index contributed by atoms with van der Waals surface area (Å²) in [7, 11) is 0. The van der Waals surface area contributed by atoms with Crippen molar-refractivity contribution in [3.05, 3.63) is 28.7 Å². The van der Waals surface area contributed by atoms with E-state index in [0.717, 1.165) is 42.3 Å². The monoisotopic (exact) mass is 338 g/mol. The molecule has 110 valence electrons. The zero-order valence-corrected chi connectivity index (χ0v) is 13.8. The van der Waals surface area contributed by atoms with Crippen LogP contribution in [0.25, 0.3) is 0 Å². The molecule has 1 saturated carbocycles.